The number of rotatable bonds is 3. The van der Waals surface area contributed by atoms with Crippen molar-refractivity contribution in [3.05, 3.63) is 0 Å². The molecule has 5 heteroatoms. The van der Waals surface area contributed by atoms with Gasteiger partial charge in [0.25, 0.3) is 0 Å². The molecule has 16 heavy (non-hydrogen) atoms. The Morgan fingerprint density at radius 3 is 2.25 bits per heavy atom. The Hall–Kier alpha value is -0.940. The van der Waals surface area contributed by atoms with Gasteiger partial charge in [0.05, 0.1) is 0 Å². The predicted molar refractivity (Wildman–Crippen MR) is 59.9 cm³/mol. The molecule has 0 aromatic heterocycles. The third-order valence-electron chi connectivity index (χ3n) is 3.23. The van der Waals surface area contributed by atoms with Crippen molar-refractivity contribution in [2.24, 2.45) is 0 Å². The number of nitrogens with zero attached hydrogens (tertiary/aromatic N) is 2. The second kappa shape index (κ2) is 5.41. The number of hydrogen-bond donors (Lipinski definition) is 1. The number of nitrogens with one attached hydrogen (secondary N) is 1. The largest absolute Gasteiger partial charge is 0.314 e. The van der Waals surface area contributed by atoms with E-state index in [1.807, 2.05) is 0 Å². The molecule has 1 N–H and O–H groups in total. The molecular formula is C11H19N3O2. The van der Waals surface area contributed by atoms with Gasteiger partial charge < -0.3 is 5.32 Å². The second-order valence-corrected chi connectivity index (χ2v) is 4.38. The molecule has 2 aliphatic heterocycles. The van der Waals surface area contributed by atoms with Crippen LogP contribution in [-0.4, -0.2) is 60.9 Å². The summed E-state index contributed by atoms with van der Waals surface area (Å²) in [7, 11) is 0. The van der Waals surface area contributed by atoms with E-state index in [0.29, 0.717) is 19.4 Å². The molecule has 0 aromatic rings. The molecule has 0 aliphatic carbocycles. The molecule has 2 rings (SSSR count). The first-order valence-corrected chi connectivity index (χ1v) is 6.03. The van der Waals surface area contributed by atoms with E-state index in [4.69, 9.17) is 0 Å². The van der Waals surface area contributed by atoms with Crippen molar-refractivity contribution in [1.29, 1.82) is 0 Å². The Labute approximate surface area is 95.8 Å². The van der Waals surface area contributed by atoms with E-state index in [0.717, 1.165) is 39.1 Å². The van der Waals surface area contributed by atoms with Crippen LogP contribution in [0.5, 0.6) is 0 Å². The Kier molecular flexibility index (Phi) is 3.90. The number of amides is 2. The van der Waals surface area contributed by atoms with Gasteiger partial charge in [-0.1, -0.05) is 0 Å². The van der Waals surface area contributed by atoms with E-state index < -0.39 is 0 Å². The fourth-order valence-corrected chi connectivity index (χ4v) is 2.23. The Morgan fingerprint density at radius 1 is 1.00 bits per heavy atom. The van der Waals surface area contributed by atoms with Crippen LogP contribution in [0, 0.1) is 0 Å². The third kappa shape index (κ3) is 2.80. The summed E-state index contributed by atoms with van der Waals surface area (Å²) in [6.07, 6.45) is 1.79. The van der Waals surface area contributed by atoms with E-state index in [9.17, 15) is 9.59 Å². The van der Waals surface area contributed by atoms with E-state index in [1.54, 1.807) is 0 Å². The first-order valence-electron chi connectivity index (χ1n) is 6.03. The fraction of sp³-hybridized carbons (Fsp3) is 0.818. The molecule has 2 fully saturated rings. The minimum atomic E-state index is 0.00591. The molecule has 0 radical (unpaired) electrons. The zero-order valence-corrected chi connectivity index (χ0v) is 9.57. The molecule has 0 bridgehead atoms. The average Bonchev–Trinajstić information content (AvgIpc) is 2.30. The molecule has 90 valence electrons. The molecule has 0 atom stereocenters. The van der Waals surface area contributed by atoms with E-state index >= 15 is 0 Å². The number of piperazine rings is 1. The summed E-state index contributed by atoms with van der Waals surface area (Å²) >= 11 is 0. The maximum atomic E-state index is 11.6. The first-order chi connectivity index (χ1) is 7.77. The highest BCUT2D eigenvalue weighted by Crippen LogP contribution is 2.11. The topological polar surface area (TPSA) is 52.7 Å². The van der Waals surface area contributed by atoms with Gasteiger partial charge >= 0.3 is 0 Å². The van der Waals surface area contributed by atoms with Crippen molar-refractivity contribution >= 4 is 11.8 Å². The van der Waals surface area contributed by atoms with E-state index in [1.165, 1.54) is 4.90 Å². The SMILES string of the molecule is O=C1CCCC(=O)N1CCN1CCNCC1. The van der Waals surface area contributed by atoms with Gasteiger partial charge in [-0.15, -0.1) is 0 Å². The number of carbonyl (C=O) groups excluding carboxylic acids is 2. The zero-order valence-electron chi connectivity index (χ0n) is 9.57. The van der Waals surface area contributed by atoms with Crippen molar-refractivity contribution in [2.75, 3.05) is 39.3 Å². The summed E-state index contributed by atoms with van der Waals surface area (Å²) in [5.74, 6) is 0.0118. The monoisotopic (exact) mass is 225 g/mol. The molecule has 2 aliphatic rings. The van der Waals surface area contributed by atoms with Gasteiger partial charge in [-0.05, 0) is 6.42 Å². The number of piperidine rings is 1. The average molecular weight is 225 g/mol. The minimum Gasteiger partial charge on any atom is -0.314 e. The molecule has 0 spiro atoms. The van der Waals surface area contributed by atoms with E-state index in [-0.39, 0.29) is 11.8 Å². The highest BCUT2D eigenvalue weighted by Gasteiger charge is 2.25. The smallest absolute Gasteiger partial charge is 0.229 e. The molecular weight excluding hydrogens is 206 g/mol. The van der Waals surface area contributed by atoms with Crippen molar-refractivity contribution in [3.8, 4) is 0 Å². The van der Waals surface area contributed by atoms with Gasteiger partial charge in [-0.25, -0.2) is 0 Å². The number of hydrogen-bond acceptors (Lipinski definition) is 4. The van der Waals surface area contributed by atoms with Crippen LogP contribution in [0.1, 0.15) is 19.3 Å². The summed E-state index contributed by atoms with van der Waals surface area (Å²) in [5.41, 5.74) is 0. The van der Waals surface area contributed by atoms with Crippen molar-refractivity contribution in [1.82, 2.24) is 15.1 Å². The van der Waals surface area contributed by atoms with Gasteiger partial charge in [-0.3, -0.25) is 19.4 Å². The summed E-state index contributed by atoms with van der Waals surface area (Å²) in [6.45, 7) is 5.41. The lowest BCUT2D eigenvalue weighted by atomic mass is 10.1. The standard InChI is InChI=1S/C11H19N3O2/c15-10-2-1-3-11(16)14(10)9-8-13-6-4-12-5-7-13/h12H,1-9H2. The van der Waals surface area contributed by atoms with Crippen LogP contribution >= 0.6 is 0 Å². The van der Waals surface area contributed by atoms with Crippen LogP contribution in [0.4, 0.5) is 0 Å². The van der Waals surface area contributed by atoms with Crippen LogP contribution < -0.4 is 5.32 Å². The van der Waals surface area contributed by atoms with Crippen LogP contribution in [-0.2, 0) is 9.59 Å². The normalized spacial score (nSPS) is 23.9. The molecule has 2 amide bonds. The summed E-state index contributed by atoms with van der Waals surface area (Å²) in [5, 5.41) is 3.28. The van der Waals surface area contributed by atoms with Gasteiger partial charge in [0.2, 0.25) is 11.8 Å². The highest BCUT2D eigenvalue weighted by molar-refractivity contribution is 5.97. The van der Waals surface area contributed by atoms with Crippen molar-refractivity contribution < 1.29 is 9.59 Å². The Balaban J connectivity index is 1.78. The quantitative estimate of drug-likeness (QED) is 0.654. The Morgan fingerprint density at radius 2 is 1.62 bits per heavy atom. The molecule has 0 unspecified atom stereocenters. The van der Waals surface area contributed by atoms with Crippen molar-refractivity contribution in [3.63, 3.8) is 0 Å². The summed E-state index contributed by atoms with van der Waals surface area (Å²) in [4.78, 5) is 26.8. The van der Waals surface area contributed by atoms with Gasteiger partial charge in [0, 0.05) is 52.1 Å². The van der Waals surface area contributed by atoms with Crippen LogP contribution in [0.3, 0.4) is 0 Å². The molecule has 2 heterocycles. The minimum absolute atomic E-state index is 0.00591. The maximum Gasteiger partial charge on any atom is 0.229 e. The lowest BCUT2D eigenvalue weighted by Crippen LogP contribution is -2.49. The third-order valence-corrected chi connectivity index (χ3v) is 3.23. The summed E-state index contributed by atoms with van der Waals surface area (Å²) in [6, 6.07) is 0. The molecule has 5 nitrogen and oxygen atoms in total. The zero-order chi connectivity index (χ0) is 11.4. The molecule has 0 saturated carbocycles. The van der Waals surface area contributed by atoms with Crippen molar-refractivity contribution in [2.45, 2.75) is 19.3 Å². The van der Waals surface area contributed by atoms with Gasteiger partial charge in [0.1, 0.15) is 0 Å². The maximum absolute atomic E-state index is 11.6. The van der Waals surface area contributed by atoms with Gasteiger partial charge in [0.15, 0.2) is 0 Å². The molecule has 0 aromatic carbocycles. The van der Waals surface area contributed by atoms with Crippen LogP contribution in [0.25, 0.3) is 0 Å². The number of carbonyl (C=O) groups is 2. The van der Waals surface area contributed by atoms with Gasteiger partial charge in [-0.2, -0.15) is 0 Å². The second-order valence-electron chi connectivity index (χ2n) is 4.38. The van der Waals surface area contributed by atoms with E-state index in [2.05, 4.69) is 10.2 Å². The predicted octanol–water partition coefficient (Wildman–Crippen LogP) is -0.569. The fourth-order valence-electron chi connectivity index (χ4n) is 2.23. The summed E-state index contributed by atoms with van der Waals surface area (Å²) < 4.78 is 0. The van der Waals surface area contributed by atoms with Crippen LogP contribution in [0.2, 0.25) is 0 Å². The lowest BCUT2D eigenvalue weighted by molar-refractivity contribution is -0.148. The highest BCUT2D eigenvalue weighted by atomic mass is 16.2. The lowest BCUT2D eigenvalue weighted by Gasteiger charge is -2.31. The first kappa shape index (κ1) is 11.5. The Bertz CT molecular complexity index is 258. The number of imide groups is 1. The number of likely N-dealkylation sites (tertiary alicyclic amines) is 1. The molecule has 2 saturated heterocycles. The van der Waals surface area contributed by atoms with Crippen LogP contribution in [0.15, 0.2) is 0 Å².